The van der Waals surface area contributed by atoms with E-state index in [0.717, 1.165) is 67.8 Å². The largest absolute Gasteiger partial charge is 0.506 e. The molecule has 8 nitrogen and oxygen atoms in total. The van der Waals surface area contributed by atoms with Gasteiger partial charge in [0, 0.05) is 31.1 Å². The molecule has 218 valence electrons. The highest BCUT2D eigenvalue weighted by Gasteiger charge is 2.19. The number of phenolic OH excluding ortho intramolecular Hbond substituents is 1. The van der Waals surface area contributed by atoms with Crippen LogP contribution in [0, 0.1) is 0 Å². The molecule has 0 spiro atoms. The van der Waals surface area contributed by atoms with E-state index in [4.69, 9.17) is 14.2 Å². The standard InChI is InChI=1S/C31H37NO6.ClH.H2O/c1-3-11-23-27(14-9-15-28(23)38-29-13-6-5-12-24(29)31(34)35)36-18-10-19-37-30-21-26(33)25(20-22(30)4-2)32-16-7-8-17-32;;/h5-6,9,12-15,20-21,33H,3-4,7-8,10-11,16-19H2,1-2H3,(H,34,35);1H;1H2. The van der Waals surface area contributed by atoms with Crippen molar-refractivity contribution in [1.29, 1.82) is 0 Å². The van der Waals surface area contributed by atoms with E-state index in [1.54, 1.807) is 24.3 Å². The molecule has 0 aromatic heterocycles. The maximum absolute atomic E-state index is 11.6. The third-order valence-corrected chi connectivity index (χ3v) is 6.72. The number of aryl methyl sites for hydroxylation is 1. The number of aromatic carboxylic acids is 1. The summed E-state index contributed by atoms with van der Waals surface area (Å²) in [6, 6.07) is 16.0. The van der Waals surface area contributed by atoms with Crippen molar-refractivity contribution in [3.63, 3.8) is 0 Å². The third kappa shape index (κ3) is 7.96. The molecule has 1 aliphatic rings. The van der Waals surface area contributed by atoms with Crippen molar-refractivity contribution < 1.29 is 34.7 Å². The van der Waals surface area contributed by atoms with Gasteiger partial charge in [0.15, 0.2) is 0 Å². The maximum atomic E-state index is 11.6. The monoisotopic (exact) mass is 573 g/mol. The first-order chi connectivity index (χ1) is 18.5. The second kappa shape index (κ2) is 15.8. The highest BCUT2D eigenvalue weighted by atomic mass is 35.5. The zero-order valence-electron chi connectivity index (χ0n) is 23.2. The van der Waals surface area contributed by atoms with E-state index in [2.05, 4.69) is 24.8 Å². The number of aromatic hydroxyl groups is 1. The fraction of sp³-hybridized carbons (Fsp3) is 0.387. The summed E-state index contributed by atoms with van der Waals surface area (Å²) >= 11 is 0. The zero-order chi connectivity index (χ0) is 26.9. The molecule has 1 heterocycles. The molecule has 0 bridgehead atoms. The number of hydrogen-bond donors (Lipinski definition) is 2. The smallest absolute Gasteiger partial charge is 0.339 e. The predicted molar refractivity (Wildman–Crippen MR) is 159 cm³/mol. The number of para-hydroxylation sites is 1. The van der Waals surface area contributed by atoms with Gasteiger partial charge in [0.05, 0.1) is 18.9 Å². The van der Waals surface area contributed by atoms with Crippen LogP contribution < -0.4 is 19.1 Å². The van der Waals surface area contributed by atoms with E-state index in [9.17, 15) is 15.0 Å². The van der Waals surface area contributed by atoms with Gasteiger partial charge in [-0.15, -0.1) is 12.4 Å². The summed E-state index contributed by atoms with van der Waals surface area (Å²) in [5.41, 5.74) is 3.00. The Kier molecular flexibility index (Phi) is 12.9. The van der Waals surface area contributed by atoms with E-state index < -0.39 is 5.97 Å². The van der Waals surface area contributed by atoms with Crippen molar-refractivity contribution in [3.8, 4) is 28.7 Å². The number of nitrogens with zero attached hydrogens (tertiary/aromatic N) is 1. The predicted octanol–water partition coefficient (Wildman–Crippen LogP) is 6.44. The summed E-state index contributed by atoms with van der Waals surface area (Å²) in [5, 5.41) is 20.1. The Morgan fingerprint density at radius 1 is 0.900 bits per heavy atom. The highest BCUT2D eigenvalue weighted by molar-refractivity contribution is 5.91. The van der Waals surface area contributed by atoms with E-state index in [1.165, 1.54) is 6.07 Å². The number of carboxylic acids is 1. The van der Waals surface area contributed by atoms with Crippen LogP contribution in [-0.2, 0) is 12.8 Å². The van der Waals surface area contributed by atoms with Gasteiger partial charge in [0.2, 0.25) is 0 Å². The molecule has 3 aromatic rings. The average Bonchev–Trinajstić information content (AvgIpc) is 3.45. The molecule has 0 unspecified atom stereocenters. The fourth-order valence-corrected chi connectivity index (χ4v) is 4.77. The number of phenols is 1. The summed E-state index contributed by atoms with van der Waals surface area (Å²) in [7, 11) is 0. The topological polar surface area (TPSA) is 120 Å². The quantitative estimate of drug-likeness (QED) is 0.226. The Morgan fingerprint density at radius 2 is 1.55 bits per heavy atom. The van der Waals surface area contributed by atoms with Crippen molar-refractivity contribution in [2.75, 3.05) is 31.2 Å². The van der Waals surface area contributed by atoms with Crippen molar-refractivity contribution in [2.24, 2.45) is 0 Å². The molecule has 40 heavy (non-hydrogen) atoms. The van der Waals surface area contributed by atoms with Crippen molar-refractivity contribution in [2.45, 2.75) is 52.4 Å². The van der Waals surface area contributed by atoms with Gasteiger partial charge in [-0.3, -0.25) is 0 Å². The summed E-state index contributed by atoms with van der Waals surface area (Å²) in [5.74, 6) is 1.56. The fourth-order valence-electron chi connectivity index (χ4n) is 4.77. The lowest BCUT2D eigenvalue weighted by atomic mass is 10.1. The van der Waals surface area contributed by atoms with E-state index in [1.807, 2.05) is 18.2 Å². The van der Waals surface area contributed by atoms with Crippen LogP contribution >= 0.6 is 12.4 Å². The van der Waals surface area contributed by atoms with E-state index in [0.29, 0.717) is 36.9 Å². The van der Waals surface area contributed by atoms with Crippen LogP contribution in [0.3, 0.4) is 0 Å². The minimum absolute atomic E-state index is 0. The lowest BCUT2D eigenvalue weighted by molar-refractivity contribution is 0.0694. The van der Waals surface area contributed by atoms with Crippen LogP contribution in [0.1, 0.15) is 61.0 Å². The SMILES string of the molecule is CCCc1c(OCCCOc2cc(O)c(N3CCCC3)cc2CC)cccc1Oc1ccccc1C(=O)O.Cl.O. The second-order valence-electron chi connectivity index (χ2n) is 9.43. The summed E-state index contributed by atoms with van der Waals surface area (Å²) < 4.78 is 18.2. The van der Waals surface area contributed by atoms with Gasteiger partial charge < -0.3 is 34.8 Å². The average molecular weight is 574 g/mol. The van der Waals surface area contributed by atoms with Gasteiger partial charge >= 0.3 is 5.97 Å². The van der Waals surface area contributed by atoms with Crippen LogP contribution in [0.5, 0.6) is 28.7 Å². The summed E-state index contributed by atoms with van der Waals surface area (Å²) in [6.45, 7) is 7.04. The summed E-state index contributed by atoms with van der Waals surface area (Å²) in [6.07, 6.45) is 5.42. The molecule has 0 radical (unpaired) electrons. The molecule has 1 aliphatic heterocycles. The van der Waals surface area contributed by atoms with Gasteiger partial charge in [-0.1, -0.05) is 38.5 Å². The molecular weight excluding hydrogens is 534 g/mol. The van der Waals surface area contributed by atoms with Gasteiger partial charge in [-0.05, 0) is 61.6 Å². The third-order valence-electron chi connectivity index (χ3n) is 6.72. The van der Waals surface area contributed by atoms with Gasteiger partial charge in [0.25, 0.3) is 0 Å². The number of benzene rings is 3. The number of halogens is 1. The maximum Gasteiger partial charge on any atom is 0.339 e. The molecule has 0 amide bonds. The first-order valence-electron chi connectivity index (χ1n) is 13.5. The molecule has 0 saturated carbocycles. The van der Waals surface area contributed by atoms with Gasteiger partial charge in [-0.25, -0.2) is 4.79 Å². The van der Waals surface area contributed by atoms with Gasteiger partial charge in [0.1, 0.15) is 34.3 Å². The van der Waals surface area contributed by atoms with Crippen LogP contribution in [0.25, 0.3) is 0 Å². The Balaban J connectivity index is 0.00000280. The molecule has 3 aromatic carbocycles. The second-order valence-corrected chi connectivity index (χ2v) is 9.43. The Bertz CT molecular complexity index is 1240. The number of anilines is 1. The number of carbonyl (C=O) groups is 1. The molecule has 1 fully saturated rings. The van der Waals surface area contributed by atoms with E-state index in [-0.39, 0.29) is 29.2 Å². The van der Waals surface area contributed by atoms with Crippen molar-refractivity contribution in [1.82, 2.24) is 0 Å². The Morgan fingerprint density at radius 3 is 2.23 bits per heavy atom. The lowest BCUT2D eigenvalue weighted by Crippen LogP contribution is -2.18. The zero-order valence-corrected chi connectivity index (χ0v) is 24.0. The van der Waals surface area contributed by atoms with Crippen molar-refractivity contribution in [3.05, 3.63) is 71.3 Å². The Hall–Kier alpha value is -3.62. The highest BCUT2D eigenvalue weighted by Crippen LogP contribution is 2.37. The molecule has 0 atom stereocenters. The van der Waals surface area contributed by atoms with E-state index >= 15 is 0 Å². The van der Waals surface area contributed by atoms with Crippen molar-refractivity contribution >= 4 is 24.1 Å². The summed E-state index contributed by atoms with van der Waals surface area (Å²) in [4.78, 5) is 13.8. The molecule has 4 rings (SSSR count). The van der Waals surface area contributed by atoms with Crippen LogP contribution in [0.15, 0.2) is 54.6 Å². The molecular formula is C31H40ClNO7. The Labute approximate surface area is 242 Å². The number of rotatable bonds is 13. The number of carboxylic acid groups (broad SMARTS) is 1. The van der Waals surface area contributed by atoms with Crippen LogP contribution in [-0.4, -0.2) is 48.0 Å². The number of ether oxygens (including phenoxy) is 3. The minimum Gasteiger partial charge on any atom is -0.506 e. The lowest BCUT2D eigenvalue weighted by Gasteiger charge is -2.21. The minimum atomic E-state index is -1.03. The first kappa shape index (κ1) is 32.6. The van der Waals surface area contributed by atoms with Crippen LogP contribution in [0.4, 0.5) is 5.69 Å². The molecule has 9 heteroatoms. The van der Waals surface area contributed by atoms with Gasteiger partial charge in [-0.2, -0.15) is 0 Å². The molecule has 4 N–H and O–H groups in total. The first-order valence-corrected chi connectivity index (χ1v) is 13.5. The normalized spacial score (nSPS) is 12.3. The molecule has 0 aliphatic carbocycles. The number of hydrogen-bond acceptors (Lipinski definition) is 6. The van der Waals surface area contributed by atoms with Crippen LogP contribution in [0.2, 0.25) is 0 Å². The molecule has 1 saturated heterocycles.